The van der Waals surface area contributed by atoms with E-state index in [0.29, 0.717) is 12.2 Å². The van der Waals surface area contributed by atoms with Gasteiger partial charge in [0.15, 0.2) is 6.04 Å². The summed E-state index contributed by atoms with van der Waals surface area (Å²) in [7, 11) is 0. The molecule has 5 nitrogen and oxygen atoms in total. The van der Waals surface area contributed by atoms with Crippen LogP contribution in [-0.4, -0.2) is 22.8 Å². The monoisotopic (exact) mass is 408 g/mol. The van der Waals surface area contributed by atoms with E-state index >= 15 is 0 Å². The minimum atomic E-state index is -0.347. The number of imide groups is 1. The van der Waals surface area contributed by atoms with Gasteiger partial charge in [-0.3, -0.25) is 14.6 Å². The number of anilines is 1. The number of nitrogens with zero attached hydrogens (tertiary/aromatic N) is 2. The smallest absolute Gasteiger partial charge is 0.292 e. The van der Waals surface area contributed by atoms with Crippen molar-refractivity contribution in [2.75, 3.05) is 4.90 Å². The fourth-order valence-corrected chi connectivity index (χ4v) is 2.86. The first-order valence-electron chi connectivity index (χ1n) is 7.00. The van der Waals surface area contributed by atoms with Gasteiger partial charge in [-0.25, -0.2) is 4.90 Å². The summed E-state index contributed by atoms with van der Waals surface area (Å²) in [6.07, 6.45) is 3.70. The van der Waals surface area contributed by atoms with Crippen LogP contribution in [0.4, 0.5) is 5.69 Å². The van der Waals surface area contributed by atoms with Crippen molar-refractivity contribution in [3.05, 3.63) is 57.9 Å². The van der Waals surface area contributed by atoms with Gasteiger partial charge < -0.3 is 5.32 Å². The SMILES string of the molecule is O=C1CC([NH2+]Cc2ccncc2)C(=O)N1c1ccc(I)cc1. The normalized spacial score (nSPS) is 18.0. The Morgan fingerprint density at radius 2 is 1.82 bits per heavy atom. The van der Waals surface area contributed by atoms with E-state index in [4.69, 9.17) is 0 Å². The van der Waals surface area contributed by atoms with Gasteiger partial charge in [0.25, 0.3) is 5.91 Å². The van der Waals surface area contributed by atoms with Crippen molar-refractivity contribution in [3.8, 4) is 0 Å². The third-order valence-corrected chi connectivity index (χ3v) is 4.37. The van der Waals surface area contributed by atoms with Crippen molar-refractivity contribution in [1.82, 2.24) is 4.98 Å². The fraction of sp³-hybridized carbons (Fsp3) is 0.188. The third kappa shape index (κ3) is 3.17. The molecule has 2 N–H and O–H groups in total. The van der Waals surface area contributed by atoms with Gasteiger partial charge in [-0.2, -0.15) is 0 Å². The molecule has 1 unspecified atom stereocenters. The lowest BCUT2D eigenvalue weighted by atomic mass is 10.2. The molecule has 0 saturated carbocycles. The molecule has 2 heterocycles. The van der Waals surface area contributed by atoms with Crippen molar-refractivity contribution in [3.63, 3.8) is 0 Å². The summed E-state index contributed by atoms with van der Waals surface area (Å²) in [6, 6.07) is 10.9. The second-order valence-corrected chi connectivity index (χ2v) is 6.40. The first-order chi connectivity index (χ1) is 10.6. The number of quaternary nitrogens is 1. The van der Waals surface area contributed by atoms with Crippen LogP contribution < -0.4 is 10.2 Å². The van der Waals surface area contributed by atoms with E-state index in [1.165, 1.54) is 4.90 Å². The Hall–Kier alpha value is -1.80. The lowest BCUT2D eigenvalue weighted by molar-refractivity contribution is -0.690. The molecule has 2 aromatic rings. The number of pyridine rings is 1. The maximum atomic E-state index is 12.5. The second-order valence-electron chi connectivity index (χ2n) is 5.15. The maximum absolute atomic E-state index is 12.5. The molecule has 1 saturated heterocycles. The average molecular weight is 408 g/mol. The van der Waals surface area contributed by atoms with E-state index in [2.05, 4.69) is 27.6 Å². The number of carbonyl (C=O) groups is 2. The molecule has 0 radical (unpaired) electrons. The number of hydrogen-bond donors (Lipinski definition) is 1. The summed E-state index contributed by atoms with van der Waals surface area (Å²) in [5, 5.41) is 1.92. The lowest BCUT2D eigenvalue weighted by Gasteiger charge is -2.14. The number of carbonyl (C=O) groups excluding carboxylic acids is 2. The highest BCUT2D eigenvalue weighted by Crippen LogP contribution is 2.22. The van der Waals surface area contributed by atoms with E-state index in [1.807, 2.05) is 41.7 Å². The van der Waals surface area contributed by atoms with Crippen LogP contribution in [0, 0.1) is 3.57 Å². The molecule has 3 rings (SSSR count). The quantitative estimate of drug-likeness (QED) is 0.609. The van der Waals surface area contributed by atoms with E-state index in [-0.39, 0.29) is 24.3 Å². The predicted octanol–water partition coefficient (Wildman–Crippen LogP) is 1.08. The van der Waals surface area contributed by atoms with Crippen LogP contribution >= 0.6 is 22.6 Å². The van der Waals surface area contributed by atoms with Crippen molar-refractivity contribution in [2.45, 2.75) is 19.0 Å². The largest absolute Gasteiger partial charge is 0.332 e. The van der Waals surface area contributed by atoms with Crippen molar-refractivity contribution >= 4 is 40.1 Å². The number of hydrogen-bond acceptors (Lipinski definition) is 3. The number of nitrogens with two attached hydrogens (primary N) is 1. The number of aromatic nitrogens is 1. The van der Waals surface area contributed by atoms with E-state index < -0.39 is 0 Å². The zero-order valence-electron chi connectivity index (χ0n) is 11.8. The molecule has 0 bridgehead atoms. The second kappa shape index (κ2) is 6.53. The molecule has 1 aliphatic rings. The van der Waals surface area contributed by atoms with Crippen LogP contribution in [0.5, 0.6) is 0 Å². The standard InChI is InChI=1S/C16H14IN3O2/c17-12-1-3-13(4-2-12)20-15(21)9-14(16(20)22)19-10-11-5-7-18-8-6-11/h1-8,14,19H,9-10H2/p+1. The highest BCUT2D eigenvalue weighted by molar-refractivity contribution is 14.1. The Labute approximate surface area is 141 Å². The number of halogens is 1. The number of benzene rings is 1. The summed E-state index contributed by atoms with van der Waals surface area (Å²) < 4.78 is 1.07. The Kier molecular flexibility index (Phi) is 4.49. The molecule has 2 amide bonds. The van der Waals surface area contributed by atoms with Gasteiger partial charge in [-0.05, 0) is 59.0 Å². The molecule has 1 fully saturated rings. The van der Waals surface area contributed by atoms with Crippen LogP contribution in [0.1, 0.15) is 12.0 Å². The van der Waals surface area contributed by atoms with Gasteiger partial charge in [0.05, 0.1) is 12.1 Å². The van der Waals surface area contributed by atoms with E-state index in [9.17, 15) is 9.59 Å². The van der Waals surface area contributed by atoms with Crippen molar-refractivity contribution in [1.29, 1.82) is 0 Å². The summed E-state index contributed by atoms with van der Waals surface area (Å²) in [4.78, 5) is 29.9. The first kappa shape index (κ1) is 15.1. The Balaban J connectivity index is 1.70. The van der Waals surface area contributed by atoms with Gasteiger partial charge in [0.2, 0.25) is 5.91 Å². The van der Waals surface area contributed by atoms with Gasteiger partial charge in [-0.1, -0.05) is 0 Å². The maximum Gasteiger partial charge on any atom is 0.292 e. The highest BCUT2D eigenvalue weighted by Gasteiger charge is 2.42. The minimum absolute atomic E-state index is 0.137. The Morgan fingerprint density at radius 3 is 2.50 bits per heavy atom. The van der Waals surface area contributed by atoms with Crippen LogP contribution in [0.3, 0.4) is 0 Å². The molecule has 1 aromatic carbocycles. The van der Waals surface area contributed by atoms with Crippen LogP contribution in [0.2, 0.25) is 0 Å². The van der Waals surface area contributed by atoms with Crippen LogP contribution in [-0.2, 0) is 16.1 Å². The minimum Gasteiger partial charge on any atom is -0.332 e. The summed E-state index contributed by atoms with van der Waals surface area (Å²) in [5.41, 5.74) is 1.73. The zero-order chi connectivity index (χ0) is 15.5. The topological polar surface area (TPSA) is 66.9 Å². The third-order valence-electron chi connectivity index (χ3n) is 3.65. The van der Waals surface area contributed by atoms with E-state index in [1.54, 1.807) is 12.4 Å². The lowest BCUT2D eigenvalue weighted by Crippen LogP contribution is -2.90. The highest BCUT2D eigenvalue weighted by atomic mass is 127. The summed E-state index contributed by atoms with van der Waals surface area (Å²) in [6.45, 7) is 0.659. The molecule has 1 atom stereocenters. The van der Waals surface area contributed by atoms with E-state index in [0.717, 1.165) is 9.13 Å². The molecule has 0 aliphatic carbocycles. The Bertz CT molecular complexity index is 688. The number of amides is 2. The molecule has 112 valence electrons. The molecule has 22 heavy (non-hydrogen) atoms. The summed E-state index contributed by atoms with van der Waals surface area (Å²) in [5.74, 6) is -0.276. The molecule has 6 heteroatoms. The van der Waals surface area contributed by atoms with Crippen LogP contribution in [0.25, 0.3) is 0 Å². The molecular weight excluding hydrogens is 393 g/mol. The van der Waals surface area contributed by atoms with Gasteiger partial charge in [0.1, 0.15) is 6.54 Å². The molecular formula is C16H15IN3O2+. The summed E-state index contributed by atoms with van der Waals surface area (Å²) >= 11 is 2.19. The van der Waals surface area contributed by atoms with Crippen molar-refractivity contribution in [2.24, 2.45) is 0 Å². The zero-order valence-corrected chi connectivity index (χ0v) is 13.9. The Morgan fingerprint density at radius 1 is 1.14 bits per heavy atom. The molecule has 1 aromatic heterocycles. The average Bonchev–Trinajstić information content (AvgIpc) is 2.82. The van der Waals surface area contributed by atoms with Crippen molar-refractivity contribution < 1.29 is 14.9 Å². The molecule has 1 aliphatic heterocycles. The number of rotatable bonds is 4. The first-order valence-corrected chi connectivity index (χ1v) is 8.07. The fourth-order valence-electron chi connectivity index (χ4n) is 2.50. The predicted molar refractivity (Wildman–Crippen MR) is 89.9 cm³/mol. The molecule has 0 spiro atoms. The van der Waals surface area contributed by atoms with Gasteiger partial charge >= 0.3 is 0 Å². The van der Waals surface area contributed by atoms with Gasteiger partial charge in [0, 0.05) is 21.5 Å². The van der Waals surface area contributed by atoms with Crippen LogP contribution in [0.15, 0.2) is 48.8 Å². The van der Waals surface area contributed by atoms with Gasteiger partial charge in [-0.15, -0.1) is 0 Å².